The van der Waals surface area contributed by atoms with E-state index in [1.165, 1.54) is 0 Å². The van der Waals surface area contributed by atoms with E-state index in [9.17, 15) is 48.3 Å². The molecular weight excluding hydrogens is 546 g/mol. The number of rotatable bonds is 4. The molecule has 3 nitrogen and oxygen atoms in total. The molecule has 1 heterocycles. The Hall–Kier alpha value is -1.81. The van der Waals surface area contributed by atoms with Gasteiger partial charge in [0.25, 0.3) is 0 Å². The number of halogens is 12. The van der Waals surface area contributed by atoms with Crippen LogP contribution in [0.4, 0.5) is 54.0 Å². The molecule has 2 aromatic rings. The third-order valence-corrected chi connectivity index (χ3v) is 4.49. The molecule has 15 heteroatoms. The number of benzene rings is 1. The first-order valence-electron chi connectivity index (χ1n) is 7.10. The third-order valence-electron chi connectivity index (χ3n) is 3.59. The van der Waals surface area contributed by atoms with Gasteiger partial charge in [-0.15, -0.1) is 0 Å². The van der Waals surface area contributed by atoms with Crippen molar-refractivity contribution >= 4 is 28.3 Å². The maximum Gasteiger partial charge on any atom is 0.459 e. The van der Waals surface area contributed by atoms with E-state index >= 15 is 0 Å². The van der Waals surface area contributed by atoms with Gasteiger partial charge in [-0.25, -0.2) is 4.39 Å². The topological polar surface area (TPSA) is 43.8 Å². The molecule has 0 radical (unpaired) electrons. The van der Waals surface area contributed by atoms with Gasteiger partial charge in [0.05, 0.1) is 17.8 Å². The first-order valence-corrected chi connectivity index (χ1v) is 8.18. The van der Waals surface area contributed by atoms with Crippen LogP contribution in [-0.4, -0.2) is 22.1 Å². The lowest BCUT2D eigenvalue weighted by molar-refractivity contribution is -0.302. The monoisotopic (exact) mass is 553 g/mol. The van der Waals surface area contributed by atoms with Crippen molar-refractivity contribution in [1.82, 2.24) is 9.78 Å². The van der Waals surface area contributed by atoms with Crippen LogP contribution in [0.3, 0.4) is 0 Å². The molecule has 0 aliphatic carbocycles. The standard InChI is InChI=1S/C14H7F11IN3/c15-7-1-5(2-8(26)9(7)27)3-29-4-6(11(16,17)13(20,21)22)10(28-29)12(18,19)14(23,24)25/h1-2,4H,3,27H2. The highest BCUT2D eigenvalue weighted by atomic mass is 127. The van der Waals surface area contributed by atoms with Gasteiger partial charge in [-0.05, 0) is 40.3 Å². The van der Waals surface area contributed by atoms with Gasteiger partial charge in [-0.1, -0.05) is 0 Å². The van der Waals surface area contributed by atoms with Crippen molar-refractivity contribution in [2.45, 2.75) is 30.7 Å². The van der Waals surface area contributed by atoms with Gasteiger partial charge in [0.15, 0.2) is 5.69 Å². The zero-order chi connectivity index (χ0) is 22.6. The molecule has 0 saturated carbocycles. The highest BCUT2D eigenvalue weighted by Gasteiger charge is 2.67. The number of nitrogens with two attached hydrogens (primary N) is 1. The molecule has 0 atom stereocenters. The van der Waals surface area contributed by atoms with Crippen LogP contribution in [0.15, 0.2) is 18.3 Å². The average Bonchev–Trinajstić information content (AvgIpc) is 2.95. The summed E-state index contributed by atoms with van der Waals surface area (Å²) in [6.07, 6.45) is -13.3. The molecule has 0 bridgehead atoms. The van der Waals surface area contributed by atoms with Gasteiger partial charge in [0.1, 0.15) is 5.82 Å². The van der Waals surface area contributed by atoms with Crippen LogP contribution in [-0.2, 0) is 18.4 Å². The Morgan fingerprint density at radius 2 is 1.41 bits per heavy atom. The molecule has 0 amide bonds. The Bertz CT molecular complexity index is 848. The second-order valence-electron chi connectivity index (χ2n) is 5.71. The van der Waals surface area contributed by atoms with Crippen LogP contribution >= 0.6 is 22.6 Å². The largest absolute Gasteiger partial charge is 0.459 e. The van der Waals surface area contributed by atoms with Crippen LogP contribution in [0, 0.1) is 9.39 Å². The molecule has 0 unspecified atom stereocenters. The number of nitrogen functional groups attached to an aromatic ring is 1. The zero-order valence-electron chi connectivity index (χ0n) is 13.4. The van der Waals surface area contributed by atoms with Gasteiger partial charge in [-0.2, -0.15) is 49.0 Å². The minimum Gasteiger partial charge on any atom is -0.395 e. The lowest BCUT2D eigenvalue weighted by Crippen LogP contribution is -2.40. The maximum absolute atomic E-state index is 13.6. The van der Waals surface area contributed by atoms with Crippen molar-refractivity contribution in [3.63, 3.8) is 0 Å². The number of hydrogen-bond acceptors (Lipinski definition) is 2. The molecule has 0 aliphatic rings. The van der Waals surface area contributed by atoms with Crippen molar-refractivity contribution in [1.29, 1.82) is 0 Å². The van der Waals surface area contributed by atoms with Crippen molar-refractivity contribution in [3.8, 4) is 0 Å². The first-order chi connectivity index (χ1) is 12.9. The van der Waals surface area contributed by atoms with E-state index in [2.05, 4.69) is 5.10 Å². The minimum atomic E-state index is -6.49. The molecular formula is C14H7F11IN3. The Morgan fingerprint density at radius 1 is 0.897 bits per heavy atom. The fourth-order valence-corrected chi connectivity index (χ4v) is 2.82. The predicted molar refractivity (Wildman–Crippen MR) is 84.8 cm³/mol. The SMILES string of the molecule is Nc1c(F)cc(Cn2cc(C(F)(F)C(F)(F)F)c(C(F)(F)C(F)(F)F)n2)cc1I. The minimum absolute atomic E-state index is 0.00497. The van der Waals surface area contributed by atoms with Crippen molar-refractivity contribution in [2.24, 2.45) is 0 Å². The second-order valence-corrected chi connectivity index (χ2v) is 6.87. The molecule has 162 valence electrons. The molecule has 0 spiro atoms. The summed E-state index contributed by atoms with van der Waals surface area (Å²) >= 11 is 1.54. The summed E-state index contributed by atoms with van der Waals surface area (Å²) in [5.74, 6) is -13.2. The molecule has 2 N–H and O–H groups in total. The molecule has 1 aromatic carbocycles. The van der Waals surface area contributed by atoms with Crippen LogP contribution in [0.5, 0.6) is 0 Å². The van der Waals surface area contributed by atoms with Gasteiger partial charge in [0, 0.05) is 9.77 Å². The number of nitrogens with zero attached hydrogens (tertiary/aromatic N) is 2. The first kappa shape index (κ1) is 23.5. The molecule has 29 heavy (non-hydrogen) atoms. The number of alkyl halides is 10. The van der Waals surface area contributed by atoms with Gasteiger partial charge >= 0.3 is 24.2 Å². The van der Waals surface area contributed by atoms with Crippen molar-refractivity contribution in [2.75, 3.05) is 5.73 Å². The summed E-state index contributed by atoms with van der Waals surface area (Å²) in [4.78, 5) is 0. The zero-order valence-corrected chi connectivity index (χ0v) is 15.6. The maximum atomic E-state index is 13.6. The lowest BCUT2D eigenvalue weighted by Gasteiger charge is -2.23. The van der Waals surface area contributed by atoms with Crippen LogP contribution in [0.1, 0.15) is 16.8 Å². The van der Waals surface area contributed by atoms with E-state index in [1.54, 1.807) is 22.6 Å². The van der Waals surface area contributed by atoms with Gasteiger partial charge in [0.2, 0.25) is 0 Å². The van der Waals surface area contributed by atoms with Crippen molar-refractivity contribution < 1.29 is 48.3 Å². The second kappa shape index (κ2) is 7.16. The number of aromatic nitrogens is 2. The fraction of sp³-hybridized carbons (Fsp3) is 0.357. The Morgan fingerprint density at radius 3 is 1.86 bits per heavy atom. The summed E-state index contributed by atoms with van der Waals surface area (Å²) < 4.78 is 144. The molecule has 0 aliphatic heterocycles. The Labute approximate surface area is 167 Å². The van der Waals surface area contributed by atoms with E-state index in [4.69, 9.17) is 5.73 Å². The van der Waals surface area contributed by atoms with Crippen LogP contribution in [0.25, 0.3) is 0 Å². The Kier molecular flexibility index (Phi) is 5.79. The summed E-state index contributed by atoms with van der Waals surface area (Å²) in [5, 5.41) is 2.62. The summed E-state index contributed by atoms with van der Waals surface area (Å²) in [6.45, 7) is -0.887. The highest BCUT2D eigenvalue weighted by molar-refractivity contribution is 14.1. The van der Waals surface area contributed by atoms with E-state index in [0.29, 0.717) is 6.07 Å². The lowest BCUT2D eigenvalue weighted by atomic mass is 10.0. The molecule has 1 aromatic heterocycles. The smallest absolute Gasteiger partial charge is 0.395 e. The van der Waals surface area contributed by atoms with E-state index in [-0.39, 0.29) is 25.7 Å². The molecule has 0 fully saturated rings. The van der Waals surface area contributed by atoms with E-state index < -0.39 is 47.8 Å². The summed E-state index contributed by atoms with van der Waals surface area (Å²) in [6, 6.07) is 1.81. The average molecular weight is 553 g/mol. The Balaban J connectivity index is 2.64. The summed E-state index contributed by atoms with van der Waals surface area (Å²) in [7, 11) is 0. The van der Waals surface area contributed by atoms with Crippen molar-refractivity contribution in [3.05, 3.63) is 44.5 Å². The quantitative estimate of drug-likeness (QED) is 0.306. The van der Waals surface area contributed by atoms with Gasteiger partial charge < -0.3 is 5.73 Å². The number of hydrogen-bond donors (Lipinski definition) is 1. The molecule has 2 rings (SSSR count). The predicted octanol–water partition coefficient (Wildman–Crippen LogP) is 5.57. The van der Waals surface area contributed by atoms with Crippen LogP contribution < -0.4 is 5.73 Å². The number of anilines is 1. The third kappa shape index (κ3) is 4.23. The highest BCUT2D eigenvalue weighted by Crippen LogP contribution is 2.51. The van der Waals surface area contributed by atoms with E-state index in [1.807, 2.05) is 0 Å². The van der Waals surface area contributed by atoms with E-state index in [0.717, 1.165) is 6.07 Å². The van der Waals surface area contributed by atoms with Crippen LogP contribution in [0.2, 0.25) is 0 Å². The molecule has 0 saturated heterocycles. The fourth-order valence-electron chi connectivity index (χ4n) is 2.17. The normalized spacial score (nSPS) is 13.8. The van der Waals surface area contributed by atoms with Gasteiger partial charge in [-0.3, -0.25) is 4.68 Å². The summed E-state index contributed by atoms with van der Waals surface area (Å²) in [5.41, 5.74) is -0.665.